The number of nitrogens with zero attached hydrogens (tertiary/aromatic N) is 4. The van der Waals surface area contributed by atoms with E-state index >= 15 is 0 Å². The number of benzene rings is 1. The van der Waals surface area contributed by atoms with E-state index in [0.29, 0.717) is 34.2 Å². The fourth-order valence-corrected chi connectivity index (χ4v) is 3.94. The van der Waals surface area contributed by atoms with E-state index in [1.54, 1.807) is 11.5 Å². The Kier molecular flexibility index (Phi) is 5.25. The van der Waals surface area contributed by atoms with Crippen molar-refractivity contribution in [1.29, 1.82) is 0 Å². The van der Waals surface area contributed by atoms with Gasteiger partial charge in [0.05, 0.1) is 10.2 Å². The smallest absolute Gasteiger partial charge is 0.585 e. The molecule has 0 aliphatic heterocycles. The van der Waals surface area contributed by atoms with Crippen LogP contribution in [0.3, 0.4) is 0 Å². The average Bonchev–Trinajstić information content (AvgIpc) is 3.12. The van der Waals surface area contributed by atoms with Gasteiger partial charge in [-0.05, 0) is 31.0 Å². The predicted molar refractivity (Wildman–Crippen MR) is 99.9 cm³/mol. The summed E-state index contributed by atoms with van der Waals surface area (Å²) < 4.78 is 3.95. The second-order valence-electron chi connectivity index (χ2n) is 6.51. The van der Waals surface area contributed by atoms with Crippen LogP contribution in [0.2, 0.25) is 0 Å². The zero-order valence-corrected chi connectivity index (χ0v) is 18.0. The third-order valence-corrected chi connectivity index (χ3v) is 5.19. The fourth-order valence-electron chi connectivity index (χ4n) is 3.03. The van der Waals surface area contributed by atoms with Crippen LogP contribution >= 0.6 is 11.3 Å². The summed E-state index contributed by atoms with van der Waals surface area (Å²) >= 11 is 1.41. The maximum absolute atomic E-state index is 12.9. The van der Waals surface area contributed by atoms with Crippen molar-refractivity contribution in [2.75, 3.05) is 0 Å². The molecule has 0 spiro atoms. The molecule has 4 rings (SSSR count). The number of fused-ring (bicyclic) bond motifs is 2. The quantitative estimate of drug-likeness (QED) is 0.460. The Bertz CT molecular complexity index is 1180. The second-order valence-corrected chi connectivity index (χ2v) is 7.52. The number of aryl methyl sites for hydroxylation is 1. The van der Waals surface area contributed by atoms with Crippen LogP contribution in [0.15, 0.2) is 39.9 Å². The molecule has 0 aliphatic rings. The molecule has 0 amide bonds. The van der Waals surface area contributed by atoms with Crippen molar-refractivity contribution in [1.82, 2.24) is 19.3 Å². The summed E-state index contributed by atoms with van der Waals surface area (Å²) in [5.74, 6) is 0.309. The molecule has 0 aliphatic carbocycles. The maximum Gasteiger partial charge on any atom is 1.00 e. The number of aromatic nitrogens is 4. The Hall–Kier alpha value is -1.67. The number of hydrogen-bond donors (Lipinski definition) is 0. The van der Waals surface area contributed by atoms with Crippen LogP contribution in [-0.4, -0.2) is 14.2 Å². The van der Waals surface area contributed by atoms with Crippen molar-refractivity contribution >= 4 is 32.5 Å². The van der Waals surface area contributed by atoms with Crippen LogP contribution in [0.4, 0.5) is 0 Å². The Morgan fingerprint density at radius 1 is 1.23 bits per heavy atom. The van der Waals surface area contributed by atoms with Crippen LogP contribution in [0.5, 0.6) is 0 Å². The van der Waals surface area contributed by atoms with Crippen LogP contribution in [-0.2, 0) is 6.54 Å². The Morgan fingerprint density at radius 2 is 1.96 bits per heavy atom. The van der Waals surface area contributed by atoms with Crippen LogP contribution in [0, 0.1) is 12.8 Å². The van der Waals surface area contributed by atoms with Crippen molar-refractivity contribution < 1.29 is 29.6 Å². The van der Waals surface area contributed by atoms with E-state index in [1.807, 2.05) is 38.1 Å². The molecule has 1 aromatic carbocycles. The molecule has 3 aromatic heterocycles. The Labute approximate surface area is 175 Å². The van der Waals surface area contributed by atoms with Crippen molar-refractivity contribution in [3.63, 3.8) is 0 Å². The summed E-state index contributed by atoms with van der Waals surface area (Å²) in [6.07, 6.45) is 0. The van der Waals surface area contributed by atoms with Crippen molar-refractivity contribution in [2.45, 2.75) is 27.3 Å². The SMILES string of the molecule is Cc1c2c(=O)n(-c3nc4ccccc4s3)[n-]c2cc(=O)n1CC(C)C.[Na+]. The molecule has 6 nitrogen and oxygen atoms in total. The largest absolute Gasteiger partial charge is 1.00 e. The molecular weight excluding hydrogens is 359 g/mol. The summed E-state index contributed by atoms with van der Waals surface area (Å²) in [6.45, 7) is 6.46. The number of hydrogen-bond acceptors (Lipinski definition) is 4. The van der Waals surface area contributed by atoms with Gasteiger partial charge >= 0.3 is 29.6 Å². The second kappa shape index (κ2) is 7.15. The van der Waals surface area contributed by atoms with Crippen molar-refractivity contribution in [2.24, 2.45) is 5.92 Å². The van der Waals surface area contributed by atoms with E-state index in [1.165, 1.54) is 22.1 Å². The van der Waals surface area contributed by atoms with E-state index in [0.717, 1.165) is 10.2 Å². The van der Waals surface area contributed by atoms with Gasteiger partial charge in [-0.2, -0.15) is 0 Å². The van der Waals surface area contributed by atoms with E-state index < -0.39 is 0 Å². The molecule has 0 saturated heterocycles. The fraction of sp³-hybridized carbons (Fsp3) is 0.278. The van der Waals surface area contributed by atoms with Crippen LogP contribution in [0.1, 0.15) is 19.5 Å². The molecule has 0 atom stereocenters. The Balaban J connectivity index is 0.00000196. The van der Waals surface area contributed by atoms with Gasteiger partial charge in [-0.15, -0.1) is 5.52 Å². The first-order valence-corrected chi connectivity index (χ1v) is 8.93. The van der Waals surface area contributed by atoms with Gasteiger partial charge in [-0.1, -0.05) is 37.3 Å². The van der Waals surface area contributed by atoms with Gasteiger partial charge in [0.1, 0.15) is 0 Å². The van der Waals surface area contributed by atoms with Gasteiger partial charge in [0.15, 0.2) is 5.13 Å². The van der Waals surface area contributed by atoms with Gasteiger partial charge in [0, 0.05) is 17.6 Å². The van der Waals surface area contributed by atoms with E-state index in [2.05, 4.69) is 10.1 Å². The first kappa shape index (κ1) is 19.1. The minimum absolute atomic E-state index is 0. The summed E-state index contributed by atoms with van der Waals surface area (Å²) in [5, 5.41) is 5.36. The van der Waals surface area contributed by atoms with Gasteiger partial charge in [-0.3, -0.25) is 9.59 Å². The molecule has 8 heteroatoms. The molecular formula is C18H17N4NaO2S. The zero-order chi connectivity index (χ0) is 17.7. The molecule has 3 heterocycles. The summed E-state index contributed by atoms with van der Waals surface area (Å²) in [5.41, 5.74) is 1.55. The van der Waals surface area contributed by atoms with Gasteiger partial charge < -0.3 is 14.3 Å². The molecule has 0 N–H and O–H groups in total. The van der Waals surface area contributed by atoms with E-state index in [4.69, 9.17) is 0 Å². The first-order valence-electron chi connectivity index (χ1n) is 8.12. The van der Waals surface area contributed by atoms with Gasteiger partial charge in [0.2, 0.25) is 11.1 Å². The zero-order valence-electron chi connectivity index (χ0n) is 15.2. The third-order valence-electron chi connectivity index (χ3n) is 4.17. The number of thiazole rings is 1. The van der Waals surface area contributed by atoms with Gasteiger partial charge in [0.25, 0.3) is 0 Å². The van der Waals surface area contributed by atoms with Crippen LogP contribution in [0.25, 0.3) is 26.3 Å². The van der Waals surface area contributed by atoms with Crippen LogP contribution < -0.4 is 45.8 Å². The maximum atomic E-state index is 12.9. The summed E-state index contributed by atoms with van der Waals surface area (Å²) in [6, 6.07) is 9.15. The first-order chi connectivity index (χ1) is 12.0. The molecule has 4 aromatic rings. The third kappa shape index (κ3) is 3.09. The minimum atomic E-state index is -0.232. The topological polar surface area (TPSA) is 71.0 Å². The standard InChI is InChI=1S/C18H18N4O2S.Na/c1-10(2)9-21-11(3)16-13(8-15(21)23)20-22(17(16)24)18-19-12-6-4-5-7-14(12)25-18;/h4-8,10H,9H2,1-3H3,(H,20,23);/q;+1/p-1. The Morgan fingerprint density at radius 3 is 2.65 bits per heavy atom. The molecule has 0 radical (unpaired) electrons. The number of para-hydroxylation sites is 1. The molecule has 26 heavy (non-hydrogen) atoms. The van der Waals surface area contributed by atoms with E-state index in [-0.39, 0.29) is 40.7 Å². The molecule has 0 bridgehead atoms. The van der Waals surface area contributed by atoms with Crippen molar-refractivity contribution in [3.8, 4) is 5.13 Å². The normalized spacial score (nSPS) is 11.4. The van der Waals surface area contributed by atoms with Gasteiger partial charge in [-0.25, -0.2) is 4.98 Å². The van der Waals surface area contributed by atoms with Crippen molar-refractivity contribution in [3.05, 3.63) is 56.7 Å². The molecule has 128 valence electrons. The summed E-state index contributed by atoms with van der Waals surface area (Å²) in [7, 11) is 0. The molecule has 0 unspecified atom stereocenters. The number of pyridine rings is 1. The minimum Gasteiger partial charge on any atom is -0.585 e. The monoisotopic (exact) mass is 376 g/mol. The summed E-state index contributed by atoms with van der Waals surface area (Å²) in [4.78, 5) is 29.8. The number of rotatable bonds is 3. The predicted octanol–water partition coefficient (Wildman–Crippen LogP) is -0.312. The molecule has 0 fully saturated rings. The van der Waals surface area contributed by atoms with E-state index in [9.17, 15) is 9.59 Å². The molecule has 0 saturated carbocycles. The average molecular weight is 376 g/mol.